The van der Waals surface area contributed by atoms with Gasteiger partial charge in [0.05, 0.1) is 24.0 Å². The van der Waals surface area contributed by atoms with Gasteiger partial charge in [-0.2, -0.15) is 0 Å². The Morgan fingerprint density at radius 1 is 1.38 bits per heavy atom. The Balaban J connectivity index is 1.91. The summed E-state index contributed by atoms with van der Waals surface area (Å²) in [5.74, 6) is 5.99. The Kier molecular flexibility index (Phi) is 5.95. The number of anilines is 1. The van der Waals surface area contributed by atoms with Gasteiger partial charge in [-0.05, 0) is 42.9 Å². The van der Waals surface area contributed by atoms with Crippen molar-refractivity contribution in [1.82, 2.24) is 5.43 Å². The second kappa shape index (κ2) is 8.37. The van der Waals surface area contributed by atoms with Gasteiger partial charge in [0, 0.05) is 11.2 Å². The Labute approximate surface area is 156 Å². The highest BCUT2D eigenvalue weighted by Gasteiger charge is 2.20. The zero-order valence-electron chi connectivity index (χ0n) is 14.7. The molecule has 2 aromatic rings. The number of hydrazine groups is 1. The predicted octanol–water partition coefficient (Wildman–Crippen LogP) is 2.19. The highest BCUT2D eigenvalue weighted by molar-refractivity contribution is 7.21. The third kappa shape index (κ3) is 4.08. The van der Waals surface area contributed by atoms with E-state index in [1.165, 1.54) is 43.4 Å². The molecule has 1 amide bonds. The molecule has 26 heavy (non-hydrogen) atoms. The van der Waals surface area contributed by atoms with E-state index in [4.69, 9.17) is 22.0 Å². The lowest BCUT2D eigenvalue weighted by Crippen LogP contribution is -2.19. The number of benzene rings is 1. The van der Waals surface area contributed by atoms with E-state index in [9.17, 15) is 4.79 Å². The third-order valence-electron chi connectivity index (χ3n) is 4.72. The molecule has 7 nitrogen and oxygen atoms in total. The van der Waals surface area contributed by atoms with Crippen LogP contribution in [0.25, 0.3) is 10.1 Å². The Hall–Kier alpha value is -2.32. The number of rotatable bonds is 8. The summed E-state index contributed by atoms with van der Waals surface area (Å²) in [7, 11) is 0. The maximum atomic E-state index is 11.7. The maximum Gasteiger partial charge on any atom is 0.260 e. The van der Waals surface area contributed by atoms with Crippen LogP contribution in [0.3, 0.4) is 0 Å². The molecule has 1 heterocycles. The fraction of sp³-hybridized carbons (Fsp3) is 0.444. The predicted molar refractivity (Wildman–Crippen MR) is 107 cm³/mol. The Bertz CT molecular complexity index is 812. The van der Waals surface area contributed by atoms with E-state index in [2.05, 4.69) is 10.4 Å². The second-order valence-corrected chi connectivity index (χ2v) is 7.64. The number of amides is 1. The third-order valence-corrected chi connectivity index (χ3v) is 5.89. The van der Waals surface area contributed by atoms with Crippen molar-refractivity contribution in [3.05, 3.63) is 22.6 Å². The molecule has 1 aromatic carbocycles. The zero-order valence-corrected chi connectivity index (χ0v) is 15.5. The van der Waals surface area contributed by atoms with Gasteiger partial charge in [0.15, 0.2) is 0 Å². The monoisotopic (exact) mass is 375 g/mol. The first-order valence-corrected chi connectivity index (χ1v) is 9.63. The van der Waals surface area contributed by atoms with Crippen LogP contribution >= 0.6 is 11.3 Å². The zero-order chi connectivity index (χ0) is 18.5. The normalized spacial score (nSPS) is 15.1. The van der Waals surface area contributed by atoms with E-state index in [-0.39, 0.29) is 0 Å². The summed E-state index contributed by atoms with van der Waals surface area (Å²) < 4.78 is 7.06. The van der Waals surface area contributed by atoms with Crippen LogP contribution < -0.4 is 27.5 Å². The van der Waals surface area contributed by atoms with Crippen LogP contribution in [0.4, 0.5) is 5.69 Å². The molecule has 0 radical (unpaired) electrons. The number of nitrogens with two attached hydrogens (primary N) is 3. The number of fused-ring (bicyclic) bond motifs is 1. The van der Waals surface area contributed by atoms with E-state index in [1.807, 2.05) is 12.1 Å². The summed E-state index contributed by atoms with van der Waals surface area (Å²) in [5.41, 5.74) is 15.5. The summed E-state index contributed by atoms with van der Waals surface area (Å²) in [6, 6.07) is 4.02. The van der Waals surface area contributed by atoms with Gasteiger partial charge in [-0.25, -0.2) is 5.84 Å². The number of carbonyl (C=O) groups is 1. The van der Waals surface area contributed by atoms with Crippen LogP contribution in [0, 0.1) is 5.92 Å². The highest BCUT2D eigenvalue weighted by atomic mass is 32.1. The van der Waals surface area contributed by atoms with Crippen molar-refractivity contribution in [2.75, 3.05) is 18.9 Å². The first-order chi connectivity index (χ1) is 12.6. The maximum absolute atomic E-state index is 11.7. The Morgan fingerprint density at radius 3 is 2.85 bits per heavy atom. The lowest BCUT2D eigenvalue weighted by molar-refractivity contribution is 0.100. The quantitative estimate of drug-likeness (QED) is 0.243. The number of hydrogen-bond acceptors (Lipinski definition) is 6. The summed E-state index contributed by atoms with van der Waals surface area (Å²) in [5, 5.41) is 0.790. The number of carbonyl (C=O) groups excluding carboxylic acids is 1. The number of primary amides is 1. The van der Waals surface area contributed by atoms with Crippen molar-refractivity contribution >= 4 is 39.4 Å². The second-order valence-electron chi connectivity index (χ2n) is 6.59. The average Bonchev–Trinajstić information content (AvgIpc) is 3.25. The van der Waals surface area contributed by atoms with E-state index in [0.29, 0.717) is 29.6 Å². The molecule has 7 N–H and O–H groups in total. The molecule has 0 atom stereocenters. The van der Waals surface area contributed by atoms with Crippen molar-refractivity contribution in [1.29, 1.82) is 0 Å². The molecule has 1 aromatic heterocycles. The molecule has 0 bridgehead atoms. The number of hydrogen-bond donors (Lipinski definition) is 4. The smallest absolute Gasteiger partial charge is 0.260 e. The lowest BCUT2D eigenvalue weighted by Gasteiger charge is -2.14. The van der Waals surface area contributed by atoms with Gasteiger partial charge >= 0.3 is 0 Å². The fourth-order valence-electron chi connectivity index (χ4n) is 3.41. The molecule has 3 rings (SSSR count). The van der Waals surface area contributed by atoms with Crippen LogP contribution in [0.15, 0.2) is 17.1 Å². The minimum absolute atomic E-state index is 0.383. The largest absolute Gasteiger partial charge is 0.493 e. The molecule has 8 heteroatoms. The van der Waals surface area contributed by atoms with Crippen molar-refractivity contribution in [3.63, 3.8) is 0 Å². The van der Waals surface area contributed by atoms with Crippen molar-refractivity contribution in [2.24, 2.45) is 22.5 Å². The summed E-state index contributed by atoms with van der Waals surface area (Å²) in [6.45, 7) is 1.27. The molecular weight excluding hydrogens is 350 g/mol. The van der Waals surface area contributed by atoms with Gasteiger partial charge in [-0.15, -0.1) is 11.3 Å². The molecule has 1 saturated carbocycles. The van der Waals surface area contributed by atoms with Gasteiger partial charge in [0.2, 0.25) is 0 Å². The van der Waals surface area contributed by atoms with Crippen LogP contribution in [0.2, 0.25) is 0 Å². The van der Waals surface area contributed by atoms with E-state index in [1.54, 1.807) is 0 Å². The number of aliphatic imine (C=N–C) groups is 1. The van der Waals surface area contributed by atoms with Crippen LogP contribution in [-0.2, 0) is 6.42 Å². The fourth-order valence-corrected chi connectivity index (χ4v) is 4.46. The number of nitrogens with zero attached hydrogens (tertiary/aromatic N) is 1. The summed E-state index contributed by atoms with van der Waals surface area (Å²) >= 11 is 1.31. The van der Waals surface area contributed by atoms with Gasteiger partial charge in [0.25, 0.3) is 5.91 Å². The standard InChI is InChI=1S/C18H25N5O2S/c19-16-15-13(25-9-11-3-1-2-4-11)7-12(5-6-22-10-23-21)8-14(15)26-17(16)18(20)24/h7-8,10-11H,1-6,9,19,21H2,(H2,20,24)(H,22,23). The summed E-state index contributed by atoms with van der Waals surface area (Å²) in [6.07, 6.45) is 7.14. The first kappa shape index (κ1) is 18.5. The summed E-state index contributed by atoms with van der Waals surface area (Å²) in [4.78, 5) is 16.2. The molecule has 140 valence electrons. The molecule has 1 aliphatic carbocycles. The number of nitrogen functional groups attached to an aromatic ring is 1. The molecular formula is C18H25N5O2S. The van der Waals surface area contributed by atoms with Crippen molar-refractivity contribution in [3.8, 4) is 5.75 Å². The lowest BCUT2D eigenvalue weighted by atomic mass is 10.1. The minimum Gasteiger partial charge on any atom is -0.493 e. The number of thiophene rings is 1. The molecule has 0 spiro atoms. The average molecular weight is 375 g/mol. The molecule has 0 saturated heterocycles. The number of ether oxygens (including phenoxy) is 1. The molecule has 1 aliphatic rings. The van der Waals surface area contributed by atoms with Gasteiger partial charge in [0.1, 0.15) is 10.6 Å². The highest BCUT2D eigenvalue weighted by Crippen LogP contribution is 2.41. The van der Waals surface area contributed by atoms with Crippen LogP contribution in [0.5, 0.6) is 5.75 Å². The molecule has 0 unspecified atom stereocenters. The topological polar surface area (TPSA) is 129 Å². The molecule has 0 aliphatic heterocycles. The van der Waals surface area contributed by atoms with Gasteiger partial charge < -0.3 is 21.6 Å². The van der Waals surface area contributed by atoms with E-state index >= 15 is 0 Å². The van der Waals surface area contributed by atoms with Crippen molar-refractivity contribution in [2.45, 2.75) is 32.1 Å². The SMILES string of the molecule is NNC=NCCc1cc(OCC2CCCC2)c2c(N)c(C(N)=O)sc2c1. The van der Waals surface area contributed by atoms with Gasteiger partial charge in [-0.3, -0.25) is 9.79 Å². The Morgan fingerprint density at radius 2 is 2.15 bits per heavy atom. The van der Waals surface area contributed by atoms with E-state index in [0.717, 1.165) is 27.8 Å². The van der Waals surface area contributed by atoms with Crippen molar-refractivity contribution < 1.29 is 9.53 Å². The molecule has 1 fully saturated rings. The van der Waals surface area contributed by atoms with Gasteiger partial charge in [-0.1, -0.05) is 12.8 Å². The number of nitrogens with one attached hydrogen (secondary N) is 1. The van der Waals surface area contributed by atoms with Crippen LogP contribution in [-0.4, -0.2) is 25.4 Å². The first-order valence-electron chi connectivity index (χ1n) is 8.82. The minimum atomic E-state index is -0.509. The van der Waals surface area contributed by atoms with E-state index < -0.39 is 5.91 Å². The van der Waals surface area contributed by atoms with Crippen LogP contribution in [0.1, 0.15) is 40.9 Å².